The molecule has 0 saturated heterocycles. The molecule has 0 aliphatic carbocycles. The first-order valence-corrected chi connectivity index (χ1v) is 7.56. The average Bonchev–Trinajstić information content (AvgIpc) is 2.55. The number of carboxylic acids is 1. The number of benzene rings is 2. The van der Waals surface area contributed by atoms with Crippen LogP contribution in [0.15, 0.2) is 59.7 Å². The fourth-order valence-electron chi connectivity index (χ4n) is 2.12. The van der Waals surface area contributed by atoms with Crippen molar-refractivity contribution in [3.63, 3.8) is 0 Å². The van der Waals surface area contributed by atoms with Gasteiger partial charge in [0.05, 0.1) is 0 Å². The molecule has 2 N–H and O–H groups in total. The van der Waals surface area contributed by atoms with E-state index in [9.17, 15) is 14.7 Å². The van der Waals surface area contributed by atoms with Gasteiger partial charge in [-0.2, -0.15) is 5.10 Å². The van der Waals surface area contributed by atoms with Gasteiger partial charge in [0.15, 0.2) is 5.71 Å². The van der Waals surface area contributed by atoms with Crippen LogP contribution in [-0.4, -0.2) is 22.7 Å². The van der Waals surface area contributed by atoms with E-state index in [1.165, 1.54) is 0 Å². The third-order valence-corrected chi connectivity index (χ3v) is 3.53. The second-order valence-corrected chi connectivity index (χ2v) is 6.40. The van der Waals surface area contributed by atoms with Crippen molar-refractivity contribution in [1.29, 1.82) is 0 Å². The Kier molecular flexibility index (Phi) is 5.14. The summed E-state index contributed by atoms with van der Waals surface area (Å²) in [6.45, 7) is 6.27. The molecule has 0 spiro atoms. The molecule has 0 aromatic heterocycles. The van der Waals surface area contributed by atoms with Crippen molar-refractivity contribution >= 4 is 17.6 Å². The molecule has 5 heteroatoms. The molecule has 124 valence electrons. The van der Waals surface area contributed by atoms with Gasteiger partial charge in [0.25, 0.3) is 5.91 Å². The maximum atomic E-state index is 12.2. The molecule has 1 amide bonds. The first kappa shape index (κ1) is 17.4. The van der Waals surface area contributed by atoms with E-state index in [0.717, 1.165) is 5.56 Å². The van der Waals surface area contributed by atoms with E-state index in [1.54, 1.807) is 42.5 Å². The number of hydrazone groups is 1. The average molecular weight is 324 g/mol. The Morgan fingerprint density at radius 1 is 0.917 bits per heavy atom. The van der Waals surface area contributed by atoms with E-state index >= 15 is 0 Å². The van der Waals surface area contributed by atoms with Gasteiger partial charge in [-0.05, 0) is 23.1 Å². The number of nitrogens with zero attached hydrogens (tertiary/aromatic N) is 1. The number of rotatable bonds is 4. The van der Waals surface area contributed by atoms with Gasteiger partial charge in [0, 0.05) is 11.1 Å². The number of hydrogen-bond acceptors (Lipinski definition) is 3. The number of carbonyl (C=O) groups is 2. The van der Waals surface area contributed by atoms with Crippen LogP contribution >= 0.6 is 0 Å². The maximum absolute atomic E-state index is 12.2. The number of aliphatic carboxylic acids is 1. The molecule has 2 rings (SSSR count). The van der Waals surface area contributed by atoms with Gasteiger partial charge in [-0.15, -0.1) is 0 Å². The molecule has 0 fully saturated rings. The number of amides is 1. The van der Waals surface area contributed by atoms with Crippen LogP contribution in [0.25, 0.3) is 0 Å². The quantitative estimate of drug-likeness (QED) is 0.669. The van der Waals surface area contributed by atoms with Gasteiger partial charge in [0.2, 0.25) is 0 Å². The van der Waals surface area contributed by atoms with Crippen molar-refractivity contribution in [2.24, 2.45) is 5.10 Å². The molecule has 0 radical (unpaired) electrons. The summed E-state index contributed by atoms with van der Waals surface area (Å²) in [5.41, 5.74) is 4.04. The predicted molar refractivity (Wildman–Crippen MR) is 93.2 cm³/mol. The Morgan fingerprint density at radius 2 is 1.50 bits per heavy atom. The summed E-state index contributed by atoms with van der Waals surface area (Å²) < 4.78 is 0. The van der Waals surface area contributed by atoms with E-state index in [1.807, 2.05) is 12.1 Å². The molecule has 0 bridgehead atoms. The third kappa shape index (κ3) is 4.29. The third-order valence-electron chi connectivity index (χ3n) is 3.53. The minimum atomic E-state index is -1.20. The second-order valence-electron chi connectivity index (χ2n) is 6.40. The fraction of sp³-hybridized carbons (Fsp3) is 0.211. The van der Waals surface area contributed by atoms with Crippen LogP contribution < -0.4 is 5.43 Å². The summed E-state index contributed by atoms with van der Waals surface area (Å²) in [4.78, 5) is 23.5. The number of nitrogens with one attached hydrogen (secondary N) is 1. The summed E-state index contributed by atoms with van der Waals surface area (Å²) in [6.07, 6.45) is 0. The largest absolute Gasteiger partial charge is 0.476 e. The predicted octanol–water partition coefficient (Wildman–Crippen LogP) is 3.20. The van der Waals surface area contributed by atoms with Crippen LogP contribution in [0, 0.1) is 0 Å². The highest BCUT2D eigenvalue weighted by Gasteiger charge is 2.15. The van der Waals surface area contributed by atoms with Crippen molar-refractivity contribution in [2.75, 3.05) is 0 Å². The molecular weight excluding hydrogens is 304 g/mol. The Morgan fingerprint density at radius 3 is 2.00 bits per heavy atom. The van der Waals surface area contributed by atoms with Gasteiger partial charge in [-0.1, -0.05) is 63.2 Å². The molecule has 0 atom stereocenters. The molecule has 0 aliphatic heterocycles. The van der Waals surface area contributed by atoms with Crippen molar-refractivity contribution in [2.45, 2.75) is 26.2 Å². The normalized spacial score (nSPS) is 11.9. The smallest absolute Gasteiger partial charge is 0.356 e. The van der Waals surface area contributed by atoms with Crippen molar-refractivity contribution in [3.8, 4) is 0 Å². The monoisotopic (exact) mass is 324 g/mol. The summed E-state index contributed by atoms with van der Waals surface area (Å²) in [5, 5.41) is 13.0. The van der Waals surface area contributed by atoms with Crippen molar-refractivity contribution in [1.82, 2.24) is 5.43 Å². The molecule has 0 unspecified atom stereocenters. The standard InChI is InChI=1S/C19H20N2O3/c1-19(2,3)15-11-9-14(10-12-15)17(22)21-20-16(18(23)24)13-7-5-4-6-8-13/h4-12H,1-3H3,(H,21,22)(H,23,24)/b20-16+. The number of carbonyl (C=O) groups excluding carboxylic acids is 1. The van der Waals surface area contributed by atoms with E-state index in [-0.39, 0.29) is 11.1 Å². The van der Waals surface area contributed by atoms with Crippen LogP contribution in [0.4, 0.5) is 0 Å². The van der Waals surface area contributed by atoms with Crippen LogP contribution in [0.1, 0.15) is 42.3 Å². The van der Waals surface area contributed by atoms with Crippen molar-refractivity contribution in [3.05, 3.63) is 71.3 Å². The maximum Gasteiger partial charge on any atom is 0.356 e. The summed E-state index contributed by atoms with van der Waals surface area (Å²) in [6, 6.07) is 15.6. The summed E-state index contributed by atoms with van der Waals surface area (Å²) >= 11 is 0. The van der Waals surface area contributed by atoms with Gasteiger partial charge in [-0.3, -0.25) is 4.79 Å². The first-order chi connectivity index (χ1) is 11.3. The van der Waals surface area contributed by atoms with Gasteiger partial charge in [-0.25, -0.2) is 10.2 Å². The lowest BCUT2D eigenvalue weighted by Gasteiger charge is -2.18. The Hall–Kier alpha value is -2.95. The molecule has 0 heterocycles. The minimum absolute atomic E-state index is 0.00303. The molecule has 0 saturated carbocycles. The molecular formula is C19H20N2O3. The van der Waals surface area contributed by atoms with Gasteiger partial charge >= 0.3 is 5.97 Å². The highest BCUT2D eigenvalue weighted by Crippen LogP contribution is 2.22. The zero-order valence-electron chi connectivity index (χ0n) is 13.9. The molecule has 0 aliphatic rings. The highest BCUT2D eigenvalue weighted by atomic mass is 16.4. The van der Waals surface area contributed by atoms with Crippen LogP contribution in [0.5, 0.6) is 0 Å². The lowest BCUT2D eigenvalue weighted by molar-refractivity contribution is -0.129. The SMILES string of the molecule is CC(C)(C)c1ccc(C(=O)N/N=C(/C(=O)O)c2ccccc2)cc1. The lowest BCUT2D eigenvalue weighted by atomic mass is 9.87. The number of hydrogen-bond donors (Lipinski definition) is 2. The lowest BCUT2D eigenvalue weighted by Crippen LogP contribution is -2.24. The minimum Gasteiger partial charge on any atom is -0.476 e. The Labute approximate surface area is 141 Å². The van der Waals surface area contributed by atoms with Crippen LogP contribution in [0.3, 0.4) is 0 Å². The molecule has 2 aromatic carbocycles. The molecule has 24 heavy (non-hydrogen) atoms. The van der Waals surface area contributed by atoms with E-state index in [2.05, 4.69) is 31.3 Å². The zero-order chi connectivity index (χ0) is 17.7. The van der Waals surface area contributed by atoms with Gasteiger partial charge in [0.1, 0.15) is 0 Å². The second kappa shape index (κ2) is 7.08. The zero-order valence-corrected chi connectivity index (χ0v) is 13.9. The summed E-state index contributed by atoms with van der Waals surface area (Å²) in [7, 11) is 0. The molecule has 5 nitrogen and oxygen atoms in total. The highest BCUT2D eigenvalue weighted by molar-refractivity contribution is 6.42. The van der Waals surface area contributed by atoms with E-state index in [4.69, 9.17) is 0 Å². The first-order valence-electron chi connectivity index (χ1n) is 7.56. The summed E-state index contributed by atoms with van der Waals surface area (Å²) in [5.74, 6) is -1.66. The van der Waals surface area contributed by atoms with E-state index in [0.29, 0.717) is 11.1 Å². The Bertz CT molecular complexity index is 757. The Balaban J connectivity index is 2.17. The number of carboxylic acid groups (broad SMARTS) is 1. The van der Waals surface area contributed by atoms with Crippen LogP contribution in [0.2, 0.25) is 0 Å². The molecule has 2 aromatic rings. The van der Waals surface area contributed by atoms with E-state index < -0.39 is 11.9 Å². The fourth-order valence-corrected chi connectivity index (χ4v) is 2.12. The van der Waals surface area contributed by atoms with Crippen LogP contribution in [-0.2, 0) is 10.2 Å². The van der Waals surface area contributed by atoms with Gasteiger partial charge < -0.3 is 5.11 Å². The van der Waals surface area contributed by atoms with Crippen molar-refractivity contribution < 1.29 is 14.7 Å². The topological polar surface area (TPSA) is 78.8 Å².